The van der Waals surface area contributed by atoms with Crippen LogP contribution in [0.5, 0.6) is 0 Å². The van der Waals surface area contributed by atoms with E-state index in [0.29, 0.717) is 0 Å². The van der Waals surface area contributed by atoms with Crippen LogP contribution in [0.25, 0.3) is 0 Å². The summed E-state index contributed by atoms with van der Waals surface area (Å²) in [4.78, 5) is 4.26. The van der Waals surface area contributed by atoms with Gasteiger partial charge in [-0.2, -0.15) is 0 Å². The molecule has 0 aliphatic rings. The van der Waals surface area contributed by atoms with E-state index in [4.69, 9.17) is 0 Å². The average Bonchev–Trinajstić information content (AvgIpc) is 2.83. The largest absolute Gasteiger partial charge is 0.392 e. The molecule has 0 radical (unpaired) electrons. The number of hydrogen-bond acceptors (Lipinski definition) is 4. The number of aliphatic hydroxyl groups excluding tert-OH is 1. The van der Waals surface area contributed by atoms with Crippen LogP contribution < -0.4 is 5.32 Å². The summed E-state index contributed by atoms with van der Waals surface area (Å²) >= 11 is 1.63. The first kappa shape index (κ1) is 11.1. The maximum absolute atomic E-state index is 9.21. The molecule has 0 saturated heterocycles. The Morgan fingerprint density at radius 3 is 2.94 bits per heavy atom. The Bertz CT molecular complexity index is 442. The third-order valence-corrected chi connectivity index (χ3v) is 3.34. The van der Waals surface area contributed by atoms with Gasteiger partial charge in [0.25, 0.3) is 0 Å². The topological polar surface area (TPSA) is 45.1 Å². The highest BCUT2D eigenvalue weighted by Gasteiger charge is 2.09. The molecule has 4 heteroatoms. The Balaban J connectivity index is 2.14. The smallest absolute Gasteiger partial charge is 0.115 e. The summed E-state index contributed by atoms with van der Waals surface area (Å²) < 4.78 is 0. The maximum Gasteiger partial charge on any atom is 0.115 e. The van der Waals surface area contributed by atoms with E-state index < -0.39 is 0 Å². The molecular formula is C12H14N2OS. The molecule has 0 bridgehead atoms. The van der Waals surface area contributed by atoms with Gasteiger partial charge in [0.05, 0.1) is 12.6 Å². The van der Waals surface area contributed by atoms with E-state index in [1.165, 1.54) is 0 Å². The minimum absolute atomic E-state index is 0.0494. The van der Waals surface area contributed by atoms with E-state index in [0.717, 1.165) is 16.3 Å². The highest BCUT2D eigenvalue weighted by molar-refractivity contribution is 7.09. The number of aromatic nitrogens is 1. The Hall–Kier alpha value is -1.39. The first-order chi connectivity index (χ1) is 7.81. The molecule has 2 aromatic rings. The molecule has 1 atom stereocenters. The van der Waals surface area contributed by atoms with Crippen molar-refractivity contribution in [3.05, 3.63) is 46.4 Å². The molecule has 0 amide bonds. The lowest BCUT2D eigenvalue weighted by atomic mass is 10.1. The number of anilines is 1. The highest BCUT2D eigenvalue weighted by Crippen LogP contribution is 2.23. The van der Waals surface area contributed by atoms with E-state index in [9.17, 15) is 5.11 Å². The lowest BCUT2D eigenvalue weighted by Gasteiger charge is -2.15. The molecule has 2 N–H and O–H groups in total. The highest BCUT2D eigenvalue weighted by atomic mass is 32.1. The number of rotatable bonds is 4. The van der Waals surface area contributed by atoms with Gasteiger partial charge in [-0.25, -0.2) is 4.98 Å². The van der Waals surface area contributed by atoms with E-state index in [1.807, 2.05) is 29.6 Å². The van der Waals surface area contributed by atoms with Crippen molar-refractivity contribution in [2.24, 2.45) is 0 Å². The first-order valence-corrected chi connectivity index (χ1v) is 6.04. The van der Waals surface area contributed by atoms with Crippen LogP contribution in [0.15, 0.2) is 35.8 Å². The number of para-hydroxylation sites is 1. The second kappa shape index (κ2) is 5.09. The fourth-order valence-electron chi connectivity index (χ4n) is 1.54. The van der Waals surface area contributed by atoms with Crippen molar-refractivity contribution in [2.75, 3.05) is 5.32 Å². The number of hydrogen-bond donors (Lipinski definition) is 2. The lowest BCUT2D eigenvalue weighted by molar-refractivity contribution is 0.282. The average molecular weight is 234 g/mol. The molecule has 0 spiro atoms. The van der Waals surface area contributed by atoms with Gasteiger partial charge < -0.3 is 10.4 Å². The first-order valence-electron chi connectivity index (χ1n) is 5.16. The SMILES string of the molecule is CC(Nc1ccccc1CO)c1nccs1. The quantitative estimate of drug-likeness (QED) is 0.855. The normalized spacial score (nSPS) is 12.4. The van der Waals surface area contributed by atoms with Crippen molar-refractivity contribution in [1.29, 1.82) is 0 Å². The summed E-state index contributed by atoms with van der Waals surface area (Å²) in [5.74, 6) is 0. The molecule has 3 nitrogen and oxygen atoms in total. The van der Waals surface area contributed by atoms with E-state index in [-0.39, 0.29) is 12.6 Å². The molecule has 0 aliphatic carbocycles. The van der Waals surface area contributed by atoms with Crippen LogP contribution >= 0.6 is 11.3 Å². The van der Waals surface area contributed by atoms with Crippen LogP contribution in [0.1, 0.15) is 23.5 Å². The van der Waals surface area contributed by atoms with Crippen LogP contribution in [0, 0.1) is 0 Å². The van der Waals surface area contributed by atoms with Gasteiger partial charge in [0.15, 0.2) is 0 Å². The van der Waals surface area contributed by atoms with Crippen LogP contribution in [0.4, 0.5) is 5.69 Å². The molecule has 2 rings (SSSR count). The Morgan fingerprint density at radius 1 is 1.44 bits per heavy atom. The summed E-state index contributed by atoms with van der Waals surface area (Å²) in [7, 11) is 0. The van der Waals surface area contributed by atoms with Crippen molar-refractivity contribution in [2.45, 2.75) is 19.6 Å². The molecule has 1 aromatic carbocycles. The zero-order valence-electron chi connectivity index (χ0n) is 9.05. The second-order valence-electron chi connectivity index (χ2n) is 3.55. The fraction of sp³-hybridized carbons (Fsp3) is 0.250. The molecule has 1 unspecified atom stereocenters. The van der Waals surface area contributed by atoms with Gasteiger partial charge in [-0.05, 0) is 13.0 Å². The minimum atomic E-state index is 0.0494. The van der Waals surface area contributed by atoms with E-state index in [1.54, 1.807) is 17.5 Å². The van der Waals surface area contributed by atoms with Gasteiger partial charge in [-0.1, -0.05) is 18.2 Å². The van der Waals surface area contributed by atoms with Crippen molar-refractivity contribution in [3.63, 3.8) is 0 Å². The summed E-state index contributed by atoms with van der Waals surface area (Å²) in [6.07, 6.45) is 1.80. The predicted octanol–water partition coefficient (Wildman–Crippen LogP) is 2.81. The van der Waals surface area contributed by atoms with Crippen molar-refractivity contribution in [3.8, 4) is 0 Å². The van der Waals surface area contributed by atoms with Crippen molar-refractivity contribution < 1.29 is 5.11 Å². The summed E-state index contributed by atoms with van der Waals surface area (Å²) in [6.45, 7) is 2.11. The molecule has 0 aliphatic heterocycles. The lowest BCUT2D eigenvalue weighted by Crippen LogP contribution is -2.08. The Morgan fingerprint density at radius 2 is 2.25 bits per heavy atom. The third kappa shape index (κ3) is 2.40. The summed E-state index contributed by atoms with van der Waals surface area (Å²) in [6, 6.07) is 7.92. The van der Waals surface area contributed by atoms with Gasteiger partial charge in [-0.15, -0.1) is 11.3 Å². The summed E-state index contributed by atoms with van der Waals surface area (Å²) in [5.41, 5.74) is 1.87. The predicted molar refractivity (Wildman–Crippen MR) is 66.5 cm³/mol. The molecular weight excluding hydrogens is 220 g/mol. The van der Waals surface area contributed by atoms with E-state index >= 15 is 0 Å². The number of nitrogens with one attached hydrogen (secondary N) is 1. The molecule has 0 fully saturated rings. The molecule has 0 saturated carbocycles. The third-order valence-electron chi connectivity index (χ3n) is 2.38. The zero-order valence-corrected chi connectivity index (χ0v) is 9.87. The number of nitrogens with zero attached hydrogens (tertiary/aromatic N) is 1. The van der Waals surface area contributed by atoms with E-state index in [2.05, 4.69) is 17.2 Å². The monoisotopic (exact) mass is 234 g/mol. The molecule has 1 heterocycles. The number of aliphatic hydroxyl groups is 1. The van der Waals surface area contributed by atoms with Crippen LogP contribution in [0.3, 0.4) is 0 Å². The number of thiazole rings is 1. The van der Waals surface area contributed by atoms with Crippen LogP contribution in [-0.2, 0) is 6.61 Å². The van der Waals surface area contributed by atoms with Gasteiger partial charge in [0.1, 0.15) is 5.01 Å². The van der Waals surface area contributed by atoms with Crippen LogP contribution in [0.2, 0.25) is 0 Å². The van der Waals surface area contributed by atoms with Crippen molar-refractivity contribution in [1.82, 2.24) is 4.98 Å². The minimum Gasteiger partial charge on any atom is -0.392 e. The number of benzene rings is 1. The maximum atomic E-state index is 9.21. The van der Waals surface area contributed by atoms with Gasteiger partial charge in [0.2, 0.25) is 0 Å². The van der Waals surface area contributed by atoms with Gasteiger partial charge in [-0.3, -0.25) is 0 Å². The molecule has 84 valence electrons. The zero-order chi connectivity index (χ0) is 11.4. The van der Waals surface area contributed by atoms with Gasteiger partial charge in [0, 0.05) is 22.8 Å². The second-order valence-corrected chi connectivity index (χ2v) is 4.48. The standard InChI is InChI=1S/C12H14N2OS/c1-9(12-13-6-7-16-12)14-11-5-3-2-4-10(11)8-15/h2-7,9,14-15H,8H2,1H3. The molecule has 16 heavy (non-hydrogen) atoms. The molecule has 1 aromatic heterocycles. The van der Waals surface area contributed by atoms with Crippen LogP contribution in [-0.4, -0.2) is 10.1 Å². The van der Waals surface area contributed by atoms with Crippen molar-refractivity contribution >= 4 is 17.0 Å². The van der Waals surface area contributed by atoms with Gasteiger partial charge >= 0.3 is 0 Å². The fourth-order valence-corrected chi connectivity index (χ4v) is 2.19. The Kier molecular flexibility index (Phi) is 3.54. The summed E-state index contributed by atoms with van der Waals surface area (Å²) in [5, 5.41) is 15.6. The Labute approximate surface area is 98.8 Å².